The summed E-state index contributed by atoms with van der Waals surface area (Å²) in [6, 6.07) is 0. The van der Waals surface area contributed by atoms with Crippen molar-refractivity contribution in [2.24, 2.45) is 0 Å². The van der Waals surface area contributed by atoms with Crippen LogP contribution in [0.15, 0.2) is 0 Å². The van der Waals surface area contributed by atoms with Crippen LogP contribution in [0.25, 0.3) is 0 Å². The average molecular weight is 324 g/mol. The van der Waals surface area contributed by atoms with Crippen LogP contribution < -0.4 is 12.4 Å². The maximum absolute atomic E-state index is 9.95. The summed E-state index contributed by atoms with van der Waals surface area (Å²) >= 11 is 0. The fourth-order valence-electron chi connectivity index (χ4n) is 2.81. The first-order valence-electron chi connectivity index (χ1n) is 8.67. The van der Waals surface area contributed by atoms with Crippen LogP contribution in [-0.4, -0.2) is 53.6 Å². The number of halogens is 1. The van der Waals surface area contributed by atoms with Crippen molar-refractivity contribution in [3.63, 3.8) is 0 Å². The Morgan fingerprint density at radius 2 is 1.19 bits per heavy atom. The fourth-order valence-corrected chi connectivity index (χ4v) is 2.81. The van der Waals surface area contributed by atoms with Crippen molar-refractivity contribution in [2.45, 2.75) is 84.3 Å². The van der Waals surface area contributed by atoms with E-state index < -0.39 is 0 Å². The van der Waals surface area contributed by atoms with Crippen LogP contribution >= 0.6 is 0 Å². The van der Waals surface area contributed by atoms with E-state index in [2.05, 4.69) is 14.0 Å². The largest absolute Gasteiger partial charge is 1.00 e. The Kier molecular flexibility index (Phi) is 15.4. The van der Waals surface area contributed by atoms with Crippen molar-refractivity contribution in [2.75, 3.05) is 26.7 Å². The quantitative estimate of drug-likeness (QED) is 0.379. The van der Waals surface area contributed by atoms with Gasteiger partial charge in [-0.2, -0.15) is 0 Å². The zero-order valence-electron chi connectivity index (χ0n) is 14.7. The molecule has 0 saturated heterocycles. The first kappa shape index (κ1) is 23.4. The predicted octanol–water partition coefficient (Wildman–Crippen LogP) is 0.339. The second-order valence-corrected chi connectivity index (χ2v) is 6.60. The second kappa shape index (κ2) is 13.8. The summed E-state index contributed by atoms with van der Waals surface area (Å²) in [5.74, 6) is 0. The number of nitrogens with zero attached hydrogens (tertiary/aromatic N) is 1. The second-order valence-electron chi connectivity index (χ2n) is 6.60. The molecule has 0 aromatic heterocycles. The molecule has 0 radical (unpaired) electrons. The minimum atomic E-state index is -0.246. The summed E-state index contributed by atoms with van der Waals surface area (Å²) in [5.41, 5.74) is 0. The molecule has 0 rings (SSSR count). The lowest BCUT2D eigenvalue weighted by Crippen LogP contribution is -3.00. The number of likely N-dealkylation sites (N-methyl/N-ethyl adjacent to an activating group) is 1. The van der Waals surface area contributed by atoms with Crippen LogP contribution in [-0.2, 0) is 0 Å². The van der Waals surface area contributed by atoms with Gasteiger partial charge in [-0.05, 0) is 25.7 Å². The van der Waals surface area contributed by atoms with Gasteiger partial charge in [-0.3, -0.25) is 0 Å². The lowest BCUT2D eigenvalue weighted by atomic mass is 10.1. The molecule has 0 aliphatic carbocycles. The molecule has 0 aromatic rings. The summed E-state index contributed by atoms with van der Waals surface area (Å²) in [6.45, 7) is 8.89. The van der Waals surface area contributed by atoms with Crippen LogP contribution in [0.2, 0.25) is 0 Å². The Bertz CT molecular complexity index is 215. The molecule has 0 fully saturated rings. The molecule has 0 spiro atoms. The summed E-state index contributed by atoms with van der Waals surface area (Å²) in [7, 11) is 2.18. The van der Waals surface area contributed by atoms with Crippen LogP contribution in [0.1, 0.15) is 72.1 Å². The Hall–Kier alpha value is 0.170. The minimum absolute atomic E-state index is 0. The molecule has 0 aromatic carbocycles. The third kappa shape index (κ3) is 12.4. The number of hydrogen-bond acceptors (Lipinski definition) is 2. The van der Waals surface area contributed by atoms with Gasteiger partial charge in [0, 0.05) is 0 Å². The van der Waals surface area contributed by atoms with Gasteiger partial charge >= 0.3 is 0 Å². The molecule has 0 aliphatic rings. The summed E-state index contributed by atoms with van der Waals surface area (Å²) in [4.78, 5) is 0. The molecule has 2 atom stereocenters. The number of hydrogen-bond donors (Lipinski definition) is 2. The Morgan fingerprint density at radius 1 is 0.762 bits per heavy atom. The van der Waals surface area contributed by atoms with Crippen molar-refractivity contribution in [3.05, 3.63) is 0 Å². The number of unbranched alkanes of at least 4 members (excludes halogenated alkanes) is 5. The normalized spacial score (nSPS) is 16.9. The van der Waals surface area contributed by atoms with E-state index >= 15 is 0 Å². The maximum Gasteiger partial charge on any atom is 0.105 e. The van der Waals surface area contributed by atoms with Crippen LogP contribution in [0.4, 0.5) is 0 Å². The van der Waals surface area contributed by atoms with E-state index in [1.807, 2.05) is 13.8 Å². The predicted molar refractivity (Wildman–Crippen MR) is 86.8 cm³/mol. The highest BCUT2D eigenvalue weighted by Crippen LogP contribution is 2.14. The fraction of sp³-hybridized carbons (Fsp3) is 1.00. The molecule has 2 N–H and O–H groups in total. The van der Waals surface area contributed by atoms with Gasteiger partial charge < -0.3 is 27.1 Å². The molecule has 0 heterocycles. The SMILES string of the molecule is CCCCCCCC[N+](C)(CC(O)CC)CC(O)CC.[Cl-]. The molecule has 0 aliphatic heterocycles. The van der Waals surface area contributed by atoms with Gasteiger partial charge in [-0.1, -0.05) is 46.5 Å². The van der Waals surface area contributed by atoms with Crippen LogP contribution in [0.5, 0.6) is 0 Å². The number of rotatable bonds is 13. The van der Waals surface area contributed by atoms with E-state index in [9.17, 15) is 10.2 Å². The van der Waals surface area contributed by atoms with E-state index in [1.54, 1.807) is 0 Å². The van der Waals surface area contributed by atoms with E-state index in [1.165, 1.54) is 38.5 Å². The van der Waals surface area contributed by atoms with Crippen molar-refractivity contribution >= 4 is 0 Å². The highest BCUT2D eigenvalue weighted by molar-refractivity contribution is 4.57. The van der Waals surface area contributed by atoms with Gasteiger partial charge in [0.1, 0.15) is 25.3 Å². The van der Waals surface area contributed by atoms with E-state index in [0.29, 0.717) is 0 Å². The standard InChI is InChI=1S/C17H38NO2.ClH/c1-5-8-9-10-11-12-13-18(4,14-16(19)6-2)15-17(20)7-3;/h16-17,19-20H,5-15H2,1-4H3;1H/q+1;/p-1. The molecule has 0 bridgehead atoms. The average Bonchev–Trinajstić information content (AvgIpc) is 2.42. The Labute approximate surface area is 138 Å². The molecule has 130 valence electrons. The Morgan fingerprint density at radius 3 is 1.62 bits per heavy atom. The summed E-state index contributed by atoms with van der Waals surface area (Å²) < 4.78 is 0.803. The molecule has 4 heteroatoms. The first-order valence-corrected chi connectivity index (χ1v) is 8.67. The van der Waals surface area contributed by atoms with Crippen molar-refractivity contribution in [3.8, 4) is 0 Å². The van der Waals surface area contributed by atoms with E-state index in [0.717, 1.165) is 37.0 Å². The van der Waals surface area contributed by atoms with Gasteiger partial charge in [0.25, 0.3) is 0 Å². The van der Waals surface area contributed by atoms with Crippen molar-refractivity contribution < 1.29 is 27.1 Å². The zero-order chi connectivity index (χ0) is 15.4. The third-order valence-electron chi connectivity index (χ3n) is 4.30. The van der Waals surface area contributed by atoms with Crippen LogP contribution in [0.3, 0.4) is 0 Å². The molecular weight excluding hydrogens is 286 g/mol. The third-order valence-corrected chi connectivity index (χ3v) is 4.30. The van der Waals surface area contributed by atoms with Gasteiger partial charge in [0.05, 0.1) is 13.6 Å². The molecular formula is C17H38ClNO2. The summed E-state index contributed by atoms with van der Waals surface area (Å²) in [6.07, 6.45) is 8.88. The van der Waals surface area contributed by atoms with Gasteiger partial charge in [-0.15, -0.1) is 0 Å². The highest BCUT2D eigenvalue weighted by atomic mass is 35.5. The lowest BCUT2D eigenvalue weighted by molar-refractivity contribution is -0.915. The number of aliphatic hydroxyl groups is 2. The number of aliphatic hydroxyl groups excluding tert-OH is 2. The van der Waals surface area contributed by atoms with E-state index in [-0.39, 0.29) is 24.6 Å². The Balaban J connectivity index is 0. The van der Waals surface area contributed by atoms with Gasteiger partial charge in [0.2, 0.25) is 0 Å². The summed E-state index contributed by atoms with van der Waals surface area (Å²) in [5, 5.41) is 19.9. The molecule has 0 amide bonds. The van der Waals surface area contributed by atoms with Gasteiger partial charge in [-0.25, -0.2) is 0 Å². The van der Waals surface area contributed by atoms with Crippen LogP contribution in [0, 0.1) is 0 Å². The molecule has 21 heavy (non-hydrogen) atoms. The van der Waals surface area contributed by atoms with Gasteiger partial charge in [0.15, 0.2) is 0 Å². The zero-order valence-corrected chi connectivity index (χ0v) is 15.4. The molecule has 2 unspecified atom stereocenters. The number of quaternary nitrogens is 1. The van der Waals surface area contributed by atoms with Crippen molar-refractivity contribution in [1.29, 1.82) is 0 Å². The smallest absolute Gasteiger partial charge is 0.105 e. The lowest BCUT2D eigenvalue weighted by Gasteiger charge is -2.37. The highest BCUT2D eigenvalue weighted by Gasteiger charge is 2.27. The molecule has 3 nitrogen and oxygen atoms in total. The maximum atomic E-state index is 9.95. The van der Waals surface area contributed by atoms with E-state index in [4.69, 9.17) is 0 Å². The monoisotopic (exact) mass is 323 g/mol. The topological polar surface area (TPSA) is 40.5 Å². The van der Waals surface area contributed by atoms with Crippen molar-refractivity contribution in [1.82, 2.24) is 0 Å². The minimum Gasteiger partial charge on any atom is -1.00 e. The molecule has 0 saturated carbocycles. The first-order chi connectivity index (χ1) is 9.47.